The first-order valence-corrected chi connectivity index (χ1v) is 12.2. The molecule has 0 saturated carbocycles. The second-order valence-electron chi connectivity index (χ2n) is 7.89. The molecule has 3 heterocycles. The van der Waals surface area contributed by atoms with Crippen molar-refractivity contribution in [3.63, 3.8) is 0 Å². The molecule has 2 aromatic heterocycles. The Kier molecular flexibility index (Phi) is 8.24. The van der Waals surface area contributed by atoms with Crippen LogP contribution >= 0.6 is 7.82 Å². The molecule has 4 atom stereocenters. The van der Waals surface area contributed by atoms with Gasteiger partial charge in [0.05, 0.1) is 44.8 Å². The fourth-order valence-corrected chi connectivity index (χ4v) is 4.23. The zero-order chi connectivity index (χ0) is 24.2. The van der Waals surface area contributed by atoms with Crippen LogP contribution < -0.4 is 10.5 Å². The number of anilines is 1. The normalized spacial score (nSPS) is 22.5. The van der Waals surface area contributed by atoms with Crippen molar-refractivity contribution < 1.29 is 37.5 Å². The average Bonchev–Trinajstić information content (AvgIpc) is 3.29. The van der Waals surface area contributed by atoms with E-state index in [2.05, 4.69) is 15.0 Å². The summed E-state index contributed by atoms with van der Waals surface area (Å²) >= 11 is 0. The molecule has 33 heavy (non-hydrogen) atoms. The molecule has 1 aliphatic rings. The van der Waals surface area contributed by atoms with Crippen LogP contribution in [0.3, 0.4) is 0 Å². The average molecular weight is 487 g/mol. The zero-order valence-electron chi connectivity index (χ0n) is 19.0. The monoisotopic (exact) mass is 487 g/mol. The Labute approximate surface area is 191 Å². The zero-order valence-corrected chi connectivity index (χ0v) is 19.9. The van der Waals surface area contributed by atoms with E-state index in [1.165, 1.54) is 0 Å². The maximum Gasteiger partial charge on any atom is 0.472 e. The van der Waals surface area contributed by atoms with Gasteiger partial charge in [-0.25, -0.2) is 9.55 Å². The third kappa shape index (κ3) is 6.61. The van der Waals surface area contributed by atoms with Crippen molar-refractivity contribution in [2.24, 2.45) is 5.92 Å². The van der Waals surface area contributed by atoms with Gasteiger partial charge in [-0.3, -0.25) is 18.4 Å². The van der Waals surface area contributed by atoms with Crippen LogP contribution in [0.5, 0.6) is 5.88 Å². The number of fused-ring (bicyclic) bond motifs is 1. The van der Waals surface area contributed by atoms with Crippen LogP contribution in [-0.4, -0.2) is 62.4 Å². The van der Waals surface area contributed by atoms with Gasteiger partial charge in [0.25, 0.3) is 0 Å². The smallest absolute Gasteiger partial charge is 0.472 e. The van der Waals surface area contributed by atoms with Gasteiger partial charge in [0.2, 0.25) is 11.8 Å². The maximum atomic E-state index is 12.1. The van der Waals surface area contributed by atoms with Crippen molar-refractivity contribution in [1.82, 2.24) is 19.5 Å². The van der Waals surface area contributed by atoms with E-state index >= 15 is 0 Å². The van der Waals surface area contributed by atoms with Crippen LogP contribution in [-0.2, 0) is 27.9 Å². The van der Waals surface area contributed by atoms with Gasteiger partial charge in [0, 0.05) is 5.92 Å². The van der Waals surface area contributed by atoms with Crippen molar-refractivity contribution in [3.05, 3.63) is 6.33 Å². The van der Waals surface area contributed by atoms with Gasteiger partial charge >= 0.3 is 13.8 Å². The van der Waals surface area contributed by atoms with Crippen LogP contribution in [0, 0.1) is 5.92 Å². The number of nitrogens with two attached hydrogens (primary N) is 1. The van der Waals surface area contributed by atoms with E-state index in [0.29, 0.717) is 30.1 Å². The first kappa shape index (κ1) is 25.3. The molecular weight excluding hydrogens is 457 g/mol. The number of aromatic nitrogens is 4. The molecule has 0 bridgehead atoms. The highest BCUT2D eigenvalue weighted by molar-refractivity contribution is 7.47. The third-order valence-corrected chi connectivity index (χ3v) is 5.75. The van der Waals surface area contributed by atoms with E-state index in [9.17, 15) is 14.3 Å². The maximum absolute atomic E-state index is 12.1. The van der Waals surface area contributed by atoms with Gasteiger partial charge in [0.15, 0.2) is 11.2 Å². The van der Waals surface area contributed by atoms with E-state index in [0.717, 1.165) is 0 Å². The van der Waals surface area contributed by atoms with Gasteiger partial charge in [-0.05, 0) is 27.2 Å². The van der Waals surface area contributed by atoms with Gasteiger partial charge in [-0.15, -0.1) is 0 Å². The minimum Gasteiger partial charge on any atom is -0.476 e. The number of hydrogen-bond acceptors (Lipinski definition) is 11. The Bertz CT molecular complexity index is 1020. The highest BCUT2D eigenvalue weighted by atomic mass is 31.2. The molecule has 3 N–H and O–H groups in total. The third-order valence-electron chi connectivity index (χ3n) is 4.77. The topological polar surface area (TPSA) is 170 Å². The van der Waals surface area contributed by atoms with Crippen molar-refractivity contribution in [2.75, 3.05) is 25.6 Å². The molecule has 184 valence electrons. The van der Waals surface area contributed by atoms with Crippen LogP contribution in [0.1, 0.15) is 46.8 Å². The molecule has 0 spiro atoms. The number of imidazole rings is 1. The molecule has 0 amide bonds. The summed E-state index contributed by atoms with van der Waals surface area (Å²) in [4.78, 5) is 34.1. The second kappa shape index (κ2) is 10.7. The van der Waals surface area contributed by atoms with Crippen LogP contribution in [0.25, 0.3) is 11.2 Å². The summed E-state index contributed by atoms with van der Waals surface area (Å²) in [7, 11) is -4.36. The number of carbonyl (C=O) groups is 1. The Balaban J connectivity index is 1.58. The summed E-state index contributed by atoms with van der Waals surface area (Å²) in [5.41, 5.74) is 6.75. The molecule has 1 saturated heterocycles. The lowest BCUT2D eigenvalue weighted by atomic mass is 10.1. The van der Waals surface area contributed by atoms with E-state index in [4.69, 9.17) is 29.0 Å². The van der Waals surface area contributed by atoms with Crippen molar-refractivity contribution in [1.29, 1.82) is 0 Å². The molecule has 14 heteroatoms. The molecule has 13 nitrogen and oxygen atoms in total. The van der Waals surface area contributed by atoms with Crippen LogP contribution in [0.2, 0.25) is 0 Å². The summed E-state index contributed by atoms with van der Waals surface area (Å²) in [6.07, 6.45) is 0.782. The number of nitrogen functional groups attached to an aromatic ring is 1. The summed E-state index contributed by atoms with van der Waals surface area (Å²) in [6.45, 7) is 7.15. The molecule has 1 fully saturated rings. The van der Waals surface area contributed by atoms with Gasteiger partial charge < -0.3 is 24.8 Å². The van der Waals surface area contributed by atoms with Crippen LogP contribution in [0.4, 0.5) is 5.95 Å². The number of esters is 1. The number of carbonyl (C=O) groups excluding carboxylic acids is 1. The number of ether oxygens (including phenoxy) is 3. The lowest BCUT2D eigenvalue weighted by Crippen LogP contribution is -2.17. The van der Waals surface area contributed by atoms with E-state index in [-0.39, 0.29) is 37.6 Å². The van der Waals surface area contributed by atoms with Crippen molar-refractivity contribution >= 4 is 30.9 Å². The lowest BCUT2D eigenvalue weighted by Gasteiger charge is -2.18. The fraction of sp³-hybridized carbons (Fsp3) is 0.684. The van der Waals surface area contributed by atoms with Crippen molar-refractivity contribution in [3.8, 4) is 5.88 Å². The van der Waals surface area contributed by atoms with E-state index in [1.807, 2.05) is 13.8 Å². The fourth-order valence-electron chi connectivity index (χ4n) is 3.48. The Morgan fingerprint density at radius 2 is 2.15 bits per heavy atom. The number of phosphoric acid groups is 1. The first-order valence-electron chi connectivity index (χ1n) is 10.7. The minimum absolute atomic E-state index is 0.0209. The Morgan fingerprint density at radius 1 is 1.39 bits per heavy atom. The molecule has 4 unspecified atom stereocenters. The summed E-state index contributed by atoms with van der Waals surface area (Å²) in [5, 5.41) is 0. The number of nitrogens with zero attached hydrogens (tertiary/aromatic N) is 4. The Hall–Kier alpha value is -2.31. The summed E-state index contributed by atoms with van der Waals surface area (Å²) in [6, 6.07) is 0. The van der Waals surface area contributed by atoms with Gasteiger partial charge in [-0.2, -0.15) is 9.97 Å². The summed E-state index contributed by atoms with van der Waals surface area (Å²) in [5.74, 6) is -0.161. The van der Waals surface area contributed by atoms with E-state index in [1.54, 1.807) is 24.7 Å². The second-order valence-corrected chi connectivity index (χ2v) is 9.35. The molecule has 1 aliphatic heterocycles. The van der Waals surface area contributed by atoms with Gasteiger partial charge in [0.1, 0.15) is 6.23 Å². The molecule has 0 aliphatic carbocycles. The standard InChI is InChI=1S/C19H30N5O8P/c1-5-28-17-15-16(22-19(20)23-17)24(10-21-15)18-12(4)8-13(32-18)9-30-33(26,27)29-7-6-14(25)31-11(2)3/h10-13,18H,5-9H2,1-4H3,(H,26,27)(H2,20,22,23). The molecule has 0 radical (unpaired) electrons. The lowest BCUT2D eigenvalue weighted by molar-refractivity contribution is -0.148. The van der Waals surface area contributed by atoms with Gasteiger partial charge in [-0.1, -0.05) is 6.92 Å². The predicted octanol–water partition coefficient (Wildman–Crippen LogP) is 2.21. The SMILES string of the molecule is CCOc1nc(N)nc2c1ncn2C1OC(COP(=O)(O)OCCC(=O)OC(C)C)CC1C. The molecule has 0 aromatic carbocycles. The number of phosphoric ester groups is 1. The molecule has 3 rings (SSSR count). The predicted molar refractivity (Wildman–Crippen MR) is 116 cm³/mol. The van der Waals surface area contributed by atoms with Crippen LogP contribution in [0.15, 0.2) is 6.33 Å². The number of rotatable bonds is 11. The summed E-state index contributed by atoms with van der Waals surface area (Å²) < 4.78 is 40.2. The highest BCUT2D eigenvalue weighted by Crippen LogP contribution is 2.45. The molecule has 2 aromatic rings. The largest absolute Gasteiger partial charge is 0.476 e. The first-order chi connectivity index (χ1) is 15.6. The molecular formula is C19H30N5O8P. The van der Waals surface area contributed by atoms with Crippen molar-refractivity contribution in [2.45, 2.75) is 59.0 Å². The Morgan fingerprint density at radius 3 is 2.85 bits per heavy atom. The quantitative estimate of drug-likeness (QED) is 0.350. The van der Waals surface area contributed by atoms with E-state index < -0.39 is 26.1 Å². The minimum atomic E-state index is -4.36. The number of hydrogen-bond donors (Lipinski definition) is 2. The highest BCUT2D eigenvalue weighted by Gasteiger charge is 2.36.